The first kappa shape index (κ1) is 14.3. The van der Waals surface area contributed by atoms with Crippen molar-refractivity contribution in [1.82, 2.24) is 10.3 Å². The summed E-state index contributed by atoms with van der Waals surface area (Å²) in [5, 5.41) is 3.40. The Bertz CT molecular complexity index is 545. The van der Waals surface area contributed by atoms with Crippen LogP contribution in [0.5, 0.6) is 0 Å². The number of hydrogen-bond acceptors (Lipinski definition) is 4. The van der Waals surface area contributed by atoms with Crippen LogP contribution in [0.15, 0.2) is 18.5 Å². The van der Waals surface area contributed by atoms with E-state index in [0.717, 1.165) is 31.6 Å². The first-order valence-corrected chi connectivity index (χ1v) is 7.57. The second-order valence-electron chi connectivity index (χ2n) is 6.99. The van der Waals surface area contributed by atoms with Gasteiger partial charge in [0.05, 0.1) is 11.9 Å². The molecule has 21 heavy (non-hydrogen) atoms. The van der Waals surface area contributed by atoms with Crippen molar-refractivity contribution in [2.45, 2.75) is 44.6 Å². The van der Waals surface area contributed by atoms with Gasteiger partial charge in [0.1, 0.15) is 5.60 Å². The molecule has 5 nitrogen and oxygen atoms in total. The van der Waals surface area contributed by atoms with Gasteiger partial charge in [0.15, 0.2) is 0 Å². The standard InChI is InChI=1S/C16H23N3O2/c1-15(2,3)21-14(20)19-11-16(5-8-17-9-6-16)12-4-7-18-10-13(12)19/h4,7,10,17H,5-6,8-9,11H2,1-3H3. The molecule has 0 saturated carbocycles. The number of carbonyl (C=O) groups is 1. The van der Waals surface area contributed by atoms with Crippen molar-refractivity contribution in [3.05, 3.63) is 24.0 Å². The van der Waals surface area contributed by atoms with E-state index in [-0.39, 0.29) is 11.5 Å². The van der Waals surface area contributed by atoms with Crippen LogP contribution in [0.4, 0.5) is 10.5 Å². The minimum Gasteiger partial charge on any atom is -0.443 e. The lowest BCUT2D eigenvalue weighted by Gasteiger charge is -2.34. The lowest BCUT2D eigenvalue weighted by Crippen LogP contribution is -2.45. The number of ether oxygens (including phenoxy) is 1. The highest BCUT2D eigenvalue weighted by Crippen LogP contribution is 2.45. The molecule has 2 aliphatic rings. The van der Waals surface area contributed by atoms with Gasteiger partial charge >= 0.3 is 6.09 Å². The maximum atomic E-state index is 12.5. The molecule has 5 heteroatoms. The first-order chi connectivity index (χ1) is 9.91. The highest BCUT2D eigenvalue weighted by Gasteiger charge is 2.46. The van der Waals surface area contributed by atoms with Gasteiger partial charge < -0.3 is 10.1 Å². The Morgan fingerprint density at radius 2 is 2.10 bits per heavy atom. The maximum absolute atomic E-state index is 12.5. The molecule has 3 heterocycles. The monoisotopic (exact) mass is 289 g/mol. The largest absolute Gasteiger partial charge is 0.443 e. The van der Waals surface area contributed by atoms with E-state index in [9.17, 15) is 4.79 Å². The predicted octanol–water partition coefficient (Wildman–Crippen LogP) is 2.46. The first-order valence-electron chi connectivity index (χ1n) is 7.57. The average Bonchev–Trinajstić information content (AvgIpc) is 2.74. The molecule has 1 aromatic rings. The Balaban J connectivity index is 1.93. The Morgan fingerprint density at radius 3 is 2.76 bits per heavy atom. The number of nitrogens with one attached hydrogen (secondary N) is 1. The molecule has 1 saturated heterocycles. The van der Waals surface area contributed by atoms with E-state index in [1.165, 1.54) is 5.56 Å². The van der Waals surface area contributed by atoms with Gasteiger partial charge in [-0.05, 0) is 58.3 Å². The molecule has 3 rings (SSSR count). The van der Waals surface area contributed by atoms with Gasteiger partial charge in [0.25, 0.3) is 0 Å². The molecule has 0 unspecified atom stereocenters. The molecule has 1 amide bonds. The normalized spacial score (nSPS) is 20.4. The van der Waals surface area contributed by atoms with Crippen LogP contribution >= 0.6 is 0 Å². The number of piperidine rings is 1. The van der Waals surface area contributed by atoms with E-state index in [1.807, 2.05) is 27.0 Å². The van der Waals surface area contributed by atoms with Gasteiger partial charge in [0, 0.05) is 18.2 Å². The molecular weight excluding hydrogens is 266 g/mol. The smallest absolute Gasteiger partial charge is 0.414 e. The molecule has 1 aromatic heterocycles. The summed E-state index contributed by atoms with van der Waals surface area (Å²) in [5.74, 6) is 0. The number of nitrogens with zero attached hydrogens (tertiary/aromatic N) is 2. The van der Waals surface area contributed by atoms with Crippen molar-refractivity contribution < 1.29 is 9.53 Å². The van der Waals surface area contributed by atoms with Crippen LogP contribution in [0, 0.1) is 0 Å². The Labute approximate surface area is 125 Å². The predicted molar refractivity (Wildman–Crippen MR) is 81.6 cm³/mol. The average molecular weight is 289 g/mol. The molecule has 0 aromatic carbocycles. The Kier molecular flexibility index (Phi) is 3.40. The number of rotatable bonds is 0. The summed E-state index contributed by atoms with van der Waals surface area (Å²) in [6, 6.07) is 2.06. The van der Waals surface area contributed by atoms with Crippen LogP contribution in [-0.4, -0.2) is 36.3 Å². The minimum atomic E-state index is -0.483. The zero-order valence-electron chi connectivity index (χ0n) is 13.0. The van der Waals surface area contributed by atoms with Gasteiger partial charge in [-0.15, -0.1) is 0 Å². The van der Waals surface area contributed by atoms with Crippen LogP contribution in [-0.2, 0) is 10.2 Å². The fourth-order valence-electron chi connectivity index (χ4n) is 3.34. The summed E-state index contributed by atoms with van der Waals surface area (Å²) < 4.78 is 5.56. The van der Waals surface area contributed by atoms with Crippen molar-refractivity contribution in [3.8, 4) is 0 Å². The summed E-state index contributed by atoms with van der Waals surface area (Å²) in [5.41, 5.74) is 1.72. The van der Waals surface area contributed by atoms with E-state index in [2.05, 4.69) is 16.4 Å². The molecule has 1 spiro atoms. The van der Waals surface area contributed by atoms with E-state index in [0.29, 0.717) is 6.54 Å². The number of carbonyl (C=O) groups excluding carboxylic acids is 1. The summed E-state index contributed by atoms with van der Waals surface area (Å²) in [6.07, 6.45) is 5.43. The summed E-state index contributed by atoms with van der Waals surface area (Å²) >= 11 is 0. The number of fused-ring (bicyclic) bond motifs is 2. The molecule has 0 aliphatic carbocycles. The third-order valence-corrected chi connectivity index (χ3v) is 4.30. The molecule has 0 bridgehead atoms. The van der Waals surface area contributed by atoms with E-state index >= 15 is 0 Å². The fraction of sp³-hybridized carbons (Fsp3) is 0.625. The van der Waals surface area contributed by atoms with Gasteiger partial charge in [-0.25, -0.2) is 4.79 Å². The number of hydrogen-bond donors (Lipinski definition) is 1. The molecule has 1 fully saturated rings. The number of amides is 1. The Morgan fingerprint density at radius 1 is 1.38 bits per heavy atom. The van der Waals surface area contributed by atoms with Gasteiger partial charge in [-0.2, -0.15) is 0 Å². The molecule has 114 valence electrons. The van der Waals surface area contributed by atoms with Crippen molar-refractivity contribution in [3.63, 3.8) is 0 Å². The molecule has 0 atom stereocenters. The second kappa shape index (κ2) is 4.98. The SMILES string of the molecule is CC(C)(C)OC(=O)N1CC2(CCNCC2)c2ccncc21. The van der Waals surface area contributed by atoms with Crippen LogP contribution < -0.4 is 10.2 Å². The summed E-state index contributed by atoms with van der Waals surface area (Å²) in [6.45, 7) is 8.36. The van der Waals surface area contributed by atoms with Gasteiger partial charge in [-0.3, -0.25) is 9.88 Å². The van der Waals surface area contributed by atoms with Crippen molar-refractivity contribution in [2.24, 2.45) is 0 Å². The zero-order valence-corrected chi connectivity index (χ0v) is 13.0. The lowest BCUT2D eigenvalue weighted by molar-refractivity contribution is 0.0575. The molecular formula is C16H23N3O2. The maximum Gasteiger partial charge on any atom is 0.414 e. The van der Waals surface area contributed by atoms with E-state index < -0.39 is 5.60 Å². The highest BCUT2D eigenvalue weighted by molar-refractivity contribution is 5.91. The van der Waals surface area contributed by atoms with E-state index in [4.69, 9.17) is 4.74 Å². The molecule has 0 radical (unpaired) electrons. The third-order valence-electron chi connectivity index (χ3n) is 4.30. The number of aromatic nitrogens is 1. The van der Waals surface area contributed by atoms with Crippen LogP contribution in [0.3, 0.4) is 0 Å². The van der Waals surface area contributed by atoms with Crippen molar-refractivity contribution in [1.29, 1.82) is 0 Å². The topological polar surface area (TPSA) is 54.5 Å². The second-order valence-corrected chi connectivity index (χ2v) is 6.99. The minimum absolute atomic E-state index is 0.0560. The van der Waals surface area contributed by atoms with Crippen LogP contribution in [0.25, 0.3) is 0 Å². The summed E-state index contributed by atoms with van der Waals surface area (Å²) in [4.78, 5) is 18.5. The van der Waals surface area contributed by atoms with Crippen molar-refractivity contribution in [2.75, 3.05) is 24.5 Å². The number of anilines is 1. The van der Waals surface area contributed by atoms with Crippen LogP contribution in [0.1, 0.15) is 39.2 Å². The van der Waals surface area contributed by atoms with Gasteiger partial charge in [-0.1, -0.05) is 0 Å². The molecule has 2 aliphatic heterocycles. The fourth-order valence-corrected chi connectivity index (χ4v) is 3.34. The van der Waals surface area contributed by atoms with Gasteiger partial charge in [0.2, 0.25) is 0 Å². The number of pyridine rings is 1. The third kappa shape index (κ3) is 2.62. The lowest BCUT2D eigenvalue weighted by atomic mass is 9.75. The van der Waals surface area contributed by atoms with Crippen molar-refractivity contribution >= 4 is 11.8 Å². The summed E-state index contributed by atoms with van der Waals surface area (Å²) in [7, 11) is 0. The zero-order chi connectivity index (χ0) is 15.1. The molecule has 1 N–H and O–H groups in total. The van der Waals surface area contributed by atoms with Crippen LogP contribution in [0.2, 0.25) is 0 Å². The Hall–Kier alpha value is -1.62. The highest BCUT2D eigenvalue weighted by atomic mass is 16.6. The van der Waals surface area contributed by atoms with E-state index in [1.54, 1.807) is 11.1 Å². The quantitative estimate of drug-likeness (QED) is 0.797.